The summed E-state index contributed by atoms with van der Waals surface area (Å²) in [6, 6.07) is 0. The highest BCUT2D eigenvalue weighted by atomic mass is 127. The van der Waals surface area contributed by atoms with Gasteiger partial charge in [0.1, 0.15) is 5.82 Å². The average molecular weight is 355 g/mol. The van der Waals surface area contributed by atoms with Crippen LogP contribution < -0.4 is 5.73 Å². The second-order valence-corrected chi connectivity index (χ2v) is 5.75. The fourth-order valence-corrected chi connectivity index (χ4v) is 2.63. The first-order valence-electron chi connectivity index (χ1n) is 5.89. The molecule has 1 aliphatic rings. The summed E-state index contributed by atoms with van der Waals surface area (Å²) in [6.45, 7) is 2.01. The van der Waals surface area contributed by atoms with Gasteiger partial charge in [0.05, 0.1) is 21.0 Å². The summed E-state index contributed by atoms with van der Waals surface area (Å²) < 4.78 is 2.82. The molecule has 6 heteroatoms. The summed E-state index contributed by atoms with van der Waals surface area (Å²) in [5, 5.41) is 4.23. The minimum atomic E-state index is 0.568. The monoisotopic (exact) mass is 355 g/mol. The Morgan fingerprint density at radius 2 is 2.11 bits per heavy atom. The van der Waals surface area contributed by atoms with Gasteiger partial charge in [-0.15, -0.1) is 0 Å². The van der Waals surface area contributed by atoms with Crippen molar-refractivity contribution in [3.8, 4) is 11.4 Å². The van der Waals surface area contributed by atoms with Gasteiger partial charge in [-0.1, -0.05) is 0 Å². The number of nitrogens with zero attached hydrogens (tertiary/aromatic N) is 4. The van der Waals surface area contributed by atoms with Crippen LogP contribution in [0.25, 0.3) is 11.4 Å². The van der Waals surface area contributed by atoms with Gasteiger partial charge in [0, 0.05) is 18.7 Å². The minimum absolute atomic E-state index is 0.568. The molecule has 2 aromatic heterocycles. The molecule has 0 radical (unpaired) electrons. The van der Waals surface area contributed by atoms with Crippen LogP contribution in [0.5, 0.6) is 0 Å². The molecule has 0 amide bonds. The van der Waals surface area contributed by atoms with Crippen molar-refractivity contribution in [2.75, 3.05) is 5.73 Å². The average Bonchev–Trinajstić information content (AvgIpc) is 3.12. The van der Waals surface area contributed by atoms with E-state index in [0.717, 1.165) is 20.5 Å². The van der Waals surface area contributed by atoms with Crippen molar-refractivity contribution in [3.63, 3.8) is 0 Å². The Labute approximate surface area is 119 Å². The summed E-state index contributed by atoms with van der Waals surface area (Å²) in [5.74, 6) is 1.84. The van der Waals surface area contributed by atoms with E-state index in [9.17, 15) is 0 Å². The molecule has 1 saturated carbocycles. The van der Waals surface area contributed by atoms with Crippen molar-refractivity contribution in [1.82, 2.24) is 19.7 Å². The zero-order chi connectivity index (χ0) is 12.9. The summed E-state index contributed by atoms with van der Waals surface area (Å²) in [6.07, 6.45) is 4.21. The number of anilines is 1. The third kappa shape index (κ3) is 1.88. The molecule has 1 fully saturated rings. The van der Waals surface area contributed by atoms with Gasteiger partial charge in [-0.25, -0.2) is 9.97 Å². The molecule has 0 spiro atoms. The zero-order valence-corrected chi connectivity index (χ0v) is 12.5. The maximum Gasteiger partial charge on any atom is 0.165 e. The second-order valence-electron chi connectivity index (χ2n) is 4.67. The molecule has 5 nitrogen and oxygen atoms in total. The van der Waals surface area contributed by atoms with Gasteiger partial charge >= 0.3 is 0 Å². The number of aryl methyl sites for hydroxylation is 1. The van der Waals surface area contributed by atoms with E-state index in [4.69, 9.17) is 5.73 Å². The Hall–Kier alpha value is -1.18. The molecular formula is C12H14IN5. The molecule has 0 aromatic carbocycles. The minimum Gasteiger partial charge on any atom is -0.383 e. The molecule has 0 aliphatic heterocycles. The van der Waals surface area contributed by atoms with E-state index in [2.05, 4.69) is 37.7 Å². The first-order chi connectivity index (χ1) is 8.58. The number of rotatable bonds is 2. The lowest BCUT2D eigenvalue weighted by Crippen LogP contribution is -2.04. The van der Waals surface area contributed by atoms with Crippen LogP contribution >= 0.6 is 22.6 Å². The predicted octanol–water partition coefficient (Wildman–Crippen LogP) is 2.25. The smallest absolute Gasteiger partial charge is 0.165 e. The van der Waals surface area contributed by atoms with Gasteiger partial charge in [-0.2, -0.15) is 5.10 Å². The summed E-state index contributed by atoms with van der Waals surface area (Å²) in [4.78, 5) is 9.08. The highest BCUT2D eigenvalue weighted by Gasteiger charge is 2.29. The highest BCUT2D eigenvalue weighted by Crippen LogP contribution is 2.42. The van der Waals surface area contributed by atoms with Gasteiger partial charge in [0.15, 0.2) is 5.82 Å². The number of hydrogen-bond acceptors (Lipinski definition) is 4. The fourth-order valence-electron chi connectivity index (χ4n) is 1.95. The van der Waals surface area contributed by atoms with E-state index in [1.54, 1.807) is 6.20 Å². The molecular weight excluding hydrogens is 341 g/mol. The van der Waals surface area contributed by atoms with Gasteiger partial charge in [-0.3, -0.25) is 4.68 Å². The van der Waals surface area contributed by atoms with Crippen LogP contribution in [0.15, 0.2) is 6.20 Å². The Morgan fingerprint density at radius 1 is 1.39 bits per heavy atom. The predicted molar refractivity (Wildman–Crippen MR) is 78.1 cm³/mol. The zero-order valence-electron chi connectivity index (χ0n) is 10.3. The van der Waals surface area contributed by atoms with Gasteiger partial charge in [-0.05, 0) is 42.4 Å². The highest BCUT2D eigenvalue weighted by molar-refractivity contribution is 14.1. The van der Waals surface area contributed by atoms with E-state index in [1.165, 1.54) is 12.8 Å². The first kappa shape index (κ1) is 11.9. The molecule has 0 unspecified atom stereocenters. The van der Waals surface area contributed by atoms with Crippen molar-refractivity contribution in [2.24, 2.45) is 7.05 Å². The Balaban J connectivity index is 2.15. The standard InChI is InChI=1S/C12H14IN5/c1-6-8(5-15-18(6)2)12-16-10(7-3-4-7)9(13)11(14)17-12/h5,7H,3-4H2,1-2H3,(H2,14,16,17). The molecule has 0 atom stereocenters. The third-order valence-corrected chi connectivity index (χ3v) is 4.45. The van der Waals surface area contributed by atoms with Crippen LogP contribution in [0.3, 0.4) is 0 Å². The number of nitrogens with two attached hydrogens (primary N) is 1. The lowest BCUT2D eigenvalue weighted by Gasteiger charge is -2.08. The Morgan fingerprint density at radius 3 is 2.67 bits per heavy atom. The van der Waals surface area contributed by atoms with Crippen molar-refractivity contribution in [3.05, 3.63) is 21.2 Å². The summed E-state index contributed by atoms with van der Waals surface area (Å²) in [7, 11) is 1.91. The van der Waals surface area contributed by atoms with Crippen LogP contribution in [0.4, 0.5) is 5.82 Å². The van der Waals surface area contributed by atoms with Crippen molar-refractivity contribution >= 4 is 28.4 Å². The molecule has 2 heterocycles. The molecule has 2 aromatic rings. The van der Waals surface area contributed by atoms with E-state index >= 15 is 0 Å². The topological polar surface area (TPSA) is 69.6 Å². The molecule has 3 rings (SSSR count). The van der Waals surface area contributed by atoms with Gasteiger partial charge < -0.3 is 5.73 Å². The van der Waals surface area contributed by atoms with E-state index in [1.807, 2.05) is 18.7 Å². The van der Waals surface area contributed by atoms with Crippen LogP contribution in [0, 0.1) is 10.5 Å². The number of halogens is 1. The molecule has 0 saturated heterocycles. The largest absolute Gasteiger partial charge is 0.383 e. The number of aromatic nitrogens is 4. The van der Waals surface area contributed by atoms with Crippen LogP contribution in [0.1, 0.15) is 30.1 Å². The number of hydrogen-bond donors (Lipinski definition) is 1. The summed E-state index contributed by atoms with van der Waals surface area (Å²) in [5.41, 5.74) is 9.11. The molecule has 18 heavy (non-hydrogen) atoms. The number of nitrogen functional groups attached to an aromatic ring is 1. The fraction of sp³-hybridized carbons (Fsp3) is 0.417. The molecule has 1 aliphatic carbocycles. The molecule has 94 valence electrons. The summed E-state index contributed by atoms with van der Waals surface area (Å²) >= 11 is 2.24. The maximum absolute atomic E-state index is 6.00. The SMILES string of the molecule is Cc1c(-c2nc(N)c(I)c(C3CC3)n2)cnn1C. The van der Waals surface area contributed by atoms with Crippen LogP contribution in [-0.2, 0) is 7.05 Å². The van der Waals surface area contributed by atoms with Crippen LogP contribution in [-0.4, -0.2) is 19.7 Å². The van der Waals surface area contributed by atoms with E-state index in [-0.39, 0.29) is 0 Å². The van der Waals surface area contributed by atoms with Crippen molar-refractivity contribution in [2.45, 2.75) is 25.7 Å². The van der Waals surface area contributed by atoms with Crippen molar-refractivity contribution < 1.29 is 0 Å². The Kier molecular flexibility index (Phi) is 2.76. The quantitative estimate of drug-likeness (QED) is 0.839. The third-order valence-electron chi connectivity index (χ3n) is 3.34. The van der Waals surface area contributed by atoms with Gasteiger partial charge in [0.2, 0.25) is 0 Å². The first-order valence-corrected chi connectivity index (χ1v) is 6.97. The maximum atomic E-state index is 6.00. The van der Waals surface area contributed by atoms with Crippen LogP contribution in [0.2, 0.25) is 0 Å². The van der Waals surface area contributed by atoms with Gasteiger partial charge in [0.25, 0.3) is 0 Å². The lowest BCUT2D eigenvalue weighted by atomic mass is 10.2. The second kappa shape index (κ2) is 4.18. The Bertz CT molecular complexity index is 615. The molecule has 0 bridgehead atoms. The molecule has 2 N–H and O–H groups in total. The lowest BCUT2D eigenvalue weighted by molar-refractivity contribution is 0.740. The van der Waals surface area contributed by atoms with E-state index < -0.39 is 0 Å². The van der Waals surface area contributed by atoms with Crippen molar-refractivity contribution in [1.29, 1.82) is 0 Å². The normalized spacial score (nSPS) is 15.1. The van der Waals surface area contributed by atoms with E-state index in [0.29, 0.717) is 17.6 Å².